The molecule has 0 bridgehead atoms. The maximum atomic E-state index is 12.2. The summed E-state index contributed by atoms with van der Waals surface area (Å²) in [5, 5.41) is 3.16. The summed E-state index contributed by atoms with van der Waals surface area (Å²) in [6, 6.07) is 11.7. The van der Waals surface area contributed by atoms with Crippen molar-refractivity contribution in [2.24, 2.45) is 0 Å². The number of sulfone groups is 1. The highest BCUT2D eigenvalue weighted by atomic mass is 35.5. The SMILES string of the molecule is O=C(Cc1cc(Cl)c2c(c1)OCCCO2)NCCCS(=O)(=O)c1ccccc1. The molecule has 28 heavy (non-hydrogen) atoms. The van der Waals surface area contributed by atoms with E-state index in [1.807, 2.05) is 0 Å². The van der Waals surface area contributed by atoms with Crippen molar-refractivity contribution in [1.82, 2.24) is 5.32 Å². The summed E-state index contributed by atoms with van der Waals surface area (Å²) in [5.74, 6) is 0.825. The van der Waals surface area contributed by atoms with Crippen LogP contribution in [0.2, 0.25) is 5.02 Å². The number of carbonyl (C=O) groups excluding carboxylic acids is 1. The van der Waals surface area contributed by atoms with E-state index in [1.165, 1.54) is 0 Å². The highest BCUT2D eigenvalue weighted by molar-refractivity contribution is 7.91. The van der Waals surface area contributed by atoms with E-state index in [2.05, 4.69) is 5.32 Å². The van der Waals surface area contributed by atoms with Crippen molar-refractivity contribution in [3.63, 3.8) is 0 Å². The van der Waals surface area contributed by atoms with Gasteiger partial charge >= 0.3 is 0 Å². The minimum atomic E-state index is -3.34. The van der Waals surface area contributed by atoms with Gasteiger partial charge in [0.05, 0.1) is 35.3 Å². The van der Waals surface area contributed by atoms with Crippen LogP contribution in [0.4, 0.5) is 0 Å². The zero-order chi connectivity index (χ0) is 20.0. The smallest absolute Gasteiger partial charge is 0.224 e. The lowest BCUT2D eigenvalue weighted by molar-refractivity contribution is -0.120. The molecule has 2 aromatic rings. The number of benzene rings is 2. The van der Waals surface area contributed by atoms with Crippen molar-refractivity contribution in [2.75, 3.05) is 25.5 Å². The van der Waals surface area contributed by atoms with Crippen molar-refractivity contribution in [1.29, 1.82) is 0 Å². The van der Waals surface area contributed by atoms with Crippen molar-refractivity contribution in [3.8, 4) is 11.5 Å². The third-order valence-corrected chi connectivity index (χ3v) is 6.34. The molecule has 1 heterocycles. The van der Waals surface area contributed by atoms with E-state index in [0.29, 0.717) is 46.6 Å². The molecule has 0 saturated carbocycles. The van der Waals surface area contributed by atoms with Gasteiger partial charge in [-0.25, -0.2) is 8.42 Å². The van der Waals surface area contributed by atoms with Crippen LogP contribution in [0.1, 0.15) is 18.4 Å². The fourth-order valence-electron chi connectivity index (χ4n) is 2.87. The Morgan fingerprint density at radius 1 is 1.11 bits per heavy atom. The van der Waals surface area contributed by atoms with Crippen LogP contribution < -0.4 is 14.8 Å². The number of hydrogen-bond donors (Lipinski definition) is 1. The molecule has 0 fully saturated rings. The van der Waals surface area contributed by atoms with Gasteiger partial charge in [-0.1, -0.05) is 29.8 Å². The topological polar surface area (TPSA) is 81.7 Å². The predicted octanol–water partition coefficient (Wildman–Crippen LogP) is 3.02. The second-order valence-corrected chi connectivity index (χ2v) is 8.98. The van der Waals surface area contributed by atoms with Crippen molar-refractivity contribution < 1.29 is 22.7 Å². The average Bonchev–Trinajstić information content (AvgIpc) is 2.92. The van der Waals surface area contributed by atoms with Gasteiger partial charge in [-0.05, 0) is 36.2 Å². The van der Waals surface area contributed by atoms with Gasteiger partial charge in [-0.3, -0.25) is 4.79 Å². The summed E-state index contributed by atoms with van der Waals surface area (Å²) >= 11 is 6.24. The second kappa shape index (κ2) is 9.30. The maximum Gasteiger partial charge on any atom is 0.224 e. The Kier molecular flexibility index (Phi) is 6.80. The molecule has 1 N–H and O–H groups in total. The number of amides is 1. The molecular weight excluding hydrogens is 402 g/mol. The van der Waals surface area contributed by atoms with Crippen molar-refractivity contribution >= 4 is 27.3 Å². The third kappa shape index (κ3) is 5.39. The Bertz CT molecular complexity index is 931. The van der Waals surface area contributed by atoms with Gasteiger partial charge in [0.15, 0.2) is 21.3 Å². The van der Waals surface area contributed by atoms with Crippen LogP contribution in [0.5, 0.6) is 11.5 Å². The molecule has 150 valence electrons. The summed E-state index contributed by atoms with van der Waals surface area (Å²) < 4.78 is 35.6. The van der Waals surface area contributed by atoms with Crippen LogP contribution >= 0.6 is 11.6 Å². The number of ether oxygens (including phenoxy) is 2. The molecule has 0 aliphatic carbocycles. The maximum absolute atomic E-state index is 12.2. The average molecular weight is 424 g/mol. The molecule has 0 spiro atoms. The molecule has 1 aliphatic heterocycles. The minimum absolute atomic E-state index is 0.0207. The lowest BCUT2D eigenvalue weighted by Gasteiger charge is -2.12. The monoisotopic (exact) mass is 423 g/mol. The van der Waals surface area contributed by atoms with Gasteiger partial charge in [0.25, 0.3) is 0 Å². The number of fused-ring (bicyclic) bond motifs is 1. The first-order chi connectivity index (χ1) is 13.5. The first kappa shape index (κ1) is 20.5. The fourth-order valence-corrected chi connectivity index (χ4v) is 4.49. The van der Waals surface area contributed by atoms with Crippen LogP contribution in [0.25, 0.3) is 0 Å². The van der Waals surface area contributed by atoms with Gasteiger partial charge in [0.1, 0.15) is 0 Å². The third-order valence-electron chi connectivity index (χ3n) is 4.24. The van der Waals surface area contributed by atoms with E-state index in [4.69, 9.17) is 21.1 Å². The first-order valence-corrected chi connectivity index (χ1v) is 11.1. The molecule has 0 radical (unpaired) electrons. The quantitative estimate of drug-likeness (QED) is 0.692. The molecule has 1 aliphatic rings. The largest absolute Gasteiger partial charge is 0.489 e. The van der Waals surface area contributed by atoms with E-state index in [-0.39, 0.29) is 24.6 Å². The summed E-state index contributed by atoms with van der Waals surface area (Å²) in [6.07, 6.45) is 1.24. The minimum Gasteiger partial charge on any atom is -0.489 e. The lowest BCUT2D eigenvalue weighted by Crippen LogP contribution is -2.27. The van der Waals surface area contributed by atoms with E-state index < -0.39 is 9.84 Å². The molecule has 0 unspecified atom stereocenters. The normalized spacial score (nSPS) is 13.6. The Hall–Kier alpha value is -2.25. The van der Waals surface area contributed by atoms with Crippen molar-refractivity contribution in [2.45, 2.75) is 24.2 Å². The van der Waals surface area contributed by atoms with Gasteiger partial charge in [-0.15, -0.1) is 0 Å². The molecular formula is C20H22ClNO5S. The fraction of sp³-hybridized carbons (Fsp3) is 0.350. The lowest BCUT2D eigenvalue weighted by atomic mass is 10.1. The van der Waals surface area contributed by atoms with Crippen LogP contribution in [-0.4, -0.2) is 39.8 Å². The van der Waals surface area contributed by atoms with Crippen LogP contribution in [0.15, 0.2) is 47.4 Å². The molecule has 0 atom stereocenters. The van der Waals surface area contributed by atoms with E-state index in [1.54, 1.807) is 42.5 Å². The standard InChI is InChI=1S/C20H22ClNO5S/c21-17-12-15(13-18-20(17)27-10-5-9-26-18)14-19(23)22-8-4-11-28(24,25)16-6-2-1-3-7-16/h1-3,6-7,12-13H,4-5,8-11,14H2,(H,22,23). The molecule has 8 heteroatoms. The Morgan fingerprint density at radius 2 is 1.86 bits per heavy atom. The molecule has 2 aromatic carbocycles. The number of nitrogens with one attached hydrogen (secondary N) is 1. The zero-order valence-corrected chi connectivity index (χ0v) is 16.9. The molecule has 1 amide bonds. The van der Waals surface area contributed by atoms with Crippen LogP contribution in [-0.2, 0) is 21.1 Å². The van der Waals surface area contributed by atoms with Gasteiger partial charge in [-0.2, -0.15) is 0 Å². The highest BCUT2D eigenvalue weighted by Crippen LogP contribution is 2.38. The summed E-state index contributed by atoms with van der Waals surface area (Å²) in [6.45, 7) is 1.36. The van der Waals surface area contributed by atoms with Gasteiger partial charge in [0, 0.05) is 13.0 Å². The Balaban J connectivity index is 1.50. The van der Waals surface area contributed by atoms with E-state index >= 15 is 0 Å². The number of hydrogen-bond acceptors (Lipinski definition) is 5. The van der Waals surface area contributed by atoms with E-state index in [9.17, 15) is 13.2 Å². The first-order valence-electron chi connectivity index (χ1n) is 9.08. The van der Waals surface area contributed by atoms with Crippen LogP contribution in [0, 0.1) is 0 Å². The van der Waals surface area contributed by atoms with Crippen LogP contribution in [0.3, 0.4) is 0 Å². The predicted molar refractivity (Wildman–Crippen MR) is 107 cm³/mol. The van der Waals surface area contributed by atoms with Gasteiger partial charge in [0.2, 0.25) is 5.91 Å². The second-order valence-electron chi connectivity index (χ2n) is 6.47. The summed E-state index contributed by atoms with van der Waals surface area (Å²) in [7, 11) is -3.34. The van der Waals surface area contributed by atoms with Crippen molar-refractivity contribution in [3.05, 3.63) is 53.1 Å². The summed E-state index contributed by atoms with van der Waals surface area (Å²) in [4.78, 5) is 12.5. The highest BCUT2D eigenvalue weighted by Gasteiger charge is 2.17. The van der Waals surface area contributed by atoms with E-state index in [0.717, 1.165) is 6.42 Å². The Morgan fingerprint density at radius 3 is 2.64 bits per heavy atom. The molecule has 0 aromatic heterocycles. The number of halogens is 1. The van der Waals surface area contributed by atoms with Gasteiger partial charge < -0.3 is 14.8 Å². The Labute approximate surface area is 169 Å². The number of rotatable bonds is 7. The zero-order valence-electron chi connectivity index (χ0n) is 15.3. The summed E-state index contributed by atoms with van der Waals surface area (Å²) in [5.41, 5.74) is 0.712. The number of carbonyl (C=O) groups is 1. The molecule has 3 rings (SSSR count). The molecule has 0 saturated heterocycles. The molecule has 6 nitrogen and oxygen atoms in total.